The molecular weight excluding hydrogens is 218 g/mol. The second-order valence-corrected chi connectivity index (χ2v) is 5.51. The van der Waals surface area contributed by atoms with Gasteiger partial charge in [-0.05, 0) is 44.9 Å². The zero-order valence-electron chi connectivity index (χ0n) is 10.6. The van der Waals surface area contributed by atoms with E-state index < -0.39 is 0 Å². The summed E-state index contributed by atoms with van der Waals surface area (Å²) < 4.78 is 5.59. The van der Waals surface area contributed by atoms with E-state index in [1.165, 1.54) is 21.7 Å². The third kappa shape index (κ3) is 5.10. The van der Waals surface area contributed by atoms with Gasteiger partial charge in [0.1, 0.15) is 0 Å². The molecule has 0 aliphatic rings. The van der Waals surface area contributed by atoms with Gasteiger partial charge in [-0.1, -0.05) is 6.92 Å². The van der Waals surface area contributed by atoms with Crippen LogP contribution < -0.4 is 5.32 Å². The van der Waals surface area contributed by atoms with Crippen LogP contribution in [0.1, 0.15) is 28.7 Å². The predicted molar refractivity (Wildman–Crippen MR) is 71.5 cm³/mol. The summed E-state index contributed by atoms with van der Waals surface area (Å²) in [6, 6.07) is 2.28. The van der Waals surface area contributed by atoms with Gasteiger partial charge in [-0.2, -0.15) is 0 Å². The molecule has 0 unspecified atom stereocenters. The molecule has 0 bridgehead atoms. The Morgan fingerprint density at radius 2 is 2.06 bits per heavy atom. The number of thiophene rings is 1. The van der Waals surface area contributed by atoms with Gasteiger partial charge in [0.2, 0.25) is 0 Å². The topological polar surface area (TPSA) is 21.3 Å². The number of rotatable bonds is 8. The molecule has 1 rings (SSSR count). The maximum absolute atomic E-state index is 5.59. The lowest BCUT2D eigenvalue weighted by molar-refractivity contribution is 0.139. The molecule has 0 saturated heterocycles. The van der Waals surface area contributed by atoms with Crippen molar-refractivity contribution in [3.05, 3.63) is 21.4 Å². The normalized spacial score (nSPS) is 10.9. The van der Waals surface area contributed by atoms with E-state index in [1.54, 1.807) is 0 Å². The minimum Gasteiger partial charge on any atom is -0.380 e. The van der Waals surface area contributed by atoms with E-state index in [4.69, 9.17) is 4.74 Å². The van der Waals surface area contributed by atoms with Gasteiger partial charge in [0.25, 0.3) is 0 Å². The predicted octanol–water partition coefficient (Wildman–Crippen LogP) is 2.92. The van der Waals surface area contributed by atoms with Gasteiger partial charge in [-0.3, -0.25) is 0 Å². The highest BCUT2D eigenvalue weighted by molar-refractivity contribution is 7.12. The molecule has 0 spiro atoms. The Morgan fingerprint density at radius 1 is 1.25 bits per heavy atom. The van der Waals surface area contributed by atoms with Crippen molar-refractivity contribution in [2.24, 2.45) is 0 Å². The van der Waals surface area contributed by atoms with Crippen LogP contribution in [0.4, 0.5) is 0 Å². The monoisotopic (exact) mass is 241 g/mol. The van der Waals surface area contributed by atoms with Gasteiger partial charge in [0.05, 0.1) is 13.2 Å². The molecule has 0 radical (unpaired) electrons. The summed E-state index contributed by atoms with van der Waals surface area (Å²) in [7, 11) is 0. The minimum absolute atomic E-state index is 0.822. The Labute approximate surface area is 103 Å². The lowest BCUT2D eigenvalue weighted by Gasteiger charge is -2.05. The van der Waals surface area contributed by atoms with Gasteiger partial charge < -0.3 is 10.1 Å². The van der Waals surface area contributed by atoms with Crippen LogP contribution >= 0.6 is 11.3 Å². The van der Waals surface area contributed by atoms with Crippen LogP contribution in [0.15, 0.2) is 6.07 Å². The second-order valence-electron chi connectivity index (χ2n) is 4.05. The first-order chi connectivity index (χ1) is 7.74. The van der Waals surface area contributed by atoms with Crippen molar-refractivity contribution in [2.75, 3.05) is 26.3 Å². The number of nitrogens with one attached hydrogen (secondary N) is 1. The Morgan fingerprint density at radius 3 is 2.69 bits per heavy atom. The molecule has 0 aliphatic carbocycles. The lowest BCUT2D eigenvalue weighted by Crippen LogP contribution is -2.20. The van der Waals surface area contributed by atoms with Gasteiger partial charge in [-0.15, -0.1) is 11.3 Å². The molecule has 0 fully saturated rings. The Kier molecular flexibility index (Phi) is 6.69. The number of aryl methyl sites for hydroxylation is 2. The molecule has 92 valence electrons. The Bertz CT molecular complexity index is 296. The summed E-state index contributed by atoms with van der Waals surface area (Å²) in [5.74, 6) is 0. The largest absolute Gasteiger partial charge is 0.380 e. The molecule has 1 aromatic heterocycles. The average molecular weight is 241 g/mol. The minimum atomic E-state index is 0.822. The van der Waals surface area contributed by atoms with Gasteiger partial charge in [0, 0.05) is 16.3 Å². The summed E-state index contributed by atoms with van der Waals surface area (Å²) in [5.41, 5.74) is 1.45. The summed E-state index contributed by atoms with van der Waals surface area (Å²) >= 11 is 1.88. The maximum atomic E-state index is 5.59. The van der Waals surface area contributed by atoms with Crippen LogP contribution in [0, 0.1) is 13.8 Å². The van der Waals surface area contributed by atoms with E-state index in [2.05, 4.69) is 32.2 Å². The number of ether oxygens (including phenoxy) is 1. The summed E-state index contributed by atoms with van der Waals surface area (Å²) in [5, 5.41) is 3.33. The smallest absolute Gasteiger partial charge is 0.0591 e. The molecule has 0 aliphatic heterocycles. The first-order valence-corrected chi connectivity index (χ1v) is 6.90. The molecule has 0 atom stereocenters. The highest BCUT2D eigenvalue weighted by atomic mass is 32.1. The number of hydrogen-bond donors (Lipinski definition) is 1. The van der Waals surface area contributed by atoms with Crippen molar-refractivity contribution in [3.8, 4) is 0 Å². The summed E-state index contributed by atoms with van der Waals surface area (Å²) in [4.78, 5) is 2.84. The summed E-state index contributed by atoms with van der Waals surface area (Å²) in [6.07, 6.45) is 2.23. The van der Waals surface area contributed by atoms with Gasteiger partial charge >= 0.3 is 0 Å². The second kappa shape index (κ2) is 7.82. The van der Waals surface area contributed by atoms with Crippen LogP contribution in [0.2, 0.25) is 0 Å². The lowest BCUT2D eigenvalue weighted by atomic mass is 10.2. The van der Waals surface area contributed by atoms with Crippen molar-refractivity contribution in [1.29, 1.82) is 0 Å². The summed E-state index contributed by atoms with van der Waals surface area (Å²) in [6.45, 7) is 10.2. The number of hydrogen-bond acceptors (Lipinski definition) is 3. The van der Waals surface area contributed by atoms with Crippen molar-refractivity contribution < 1.29 is 4.74 Å². The van der Waals surface area contributed by atoms with Gasteiger partial charge in [0.15, 0.2) is 0 Å². The van der Waals surface area contributed by atoms with Crippen LogP contribution in [0.3, 0.4) is 0 Å². The van der Waals surface area contributed by atoms with Crippen LogP contribution in [0.5, 0.6) is 0 Å². The Hall–Kier alpha value is -0.380. The molecule has 0 amide bonds. The van der Waals surface area contributed by atoms with E-state index in [0.717, 1.165) is 32.7 Å². The third-order valence-electron chi connectivity index (χ3n) is 2.51. The van der Waals surface area contributed by atoms with Gasteiger partial charge in [-0.25, -0.2) is 0 Å². The molecule has 0 aromatic carbocycles. The van der Waals surface area contributed by atoms with E-state index in [-0.39, 0.29) is 0 Å². The van der Waals surface area contributed by atoms with Crippen molar-refractivity contribution in [2.45, 2.75) is 33.6 Å². The van der Waals surface area contributed by atoms with Crippen LogP contribution in [-0.4, -0.2) is 26.3 Å². The first-order valence-electron chi connectivity index (χ1n) is 6.08. The fourth-order valence-electron chi connectivity index (χ4n) is 1.66. The molecule has 3 heteroatoms. The average Bonchev–Trinajstić information content (AvgIpc) is 2.56. The maximum Gasteiger partial charge on any atom is 0.0591 e. The molecule has 16 heavy (non-hydrogen) atoms. The zero-order valence-corrected chi connectivity index (χ0v) is 11.5. The van der Waals surface area contributed by atoms with E-state index in [0.29, 0.717) is 0 Å². The fourth-order valence-corrected chi connectivity index (χ4v) is 2.64. The molecule has 1 aromatic rings. The van der Waals surface area contributed by atoms with Crippen molar-refractivity contribution in [1.82, 2.24) is 5.32 Å². The van der Waals surface area contributed by atoms with Crippen LogP contribution in [-0.2, 0) is 11.2 Å². The van der Waals surface area contributed by atoms with E-state index >= 15 is 0 Å². The zero-order chi connectivity index (χ0) is 11.8. The SMILES string of the molecule is CCCNCCOCCc1cc(C)sc1C. The molecule has 0 saturated carbocycles. The molecule has 2 nitrogen and oxygen atoms in total. The van der Waals surface area contributed by atoms with Crippen LogP contribution in [0.25, 0.3) is 0 Å². The molecule has 1 heterocycles. The highest BCUT2D eigenvalue weighted by Gasteiger charge is 2.02. The third-order valence-corrected chi connectivity index (χ3v) is 3.52. The van der Waals surface area contributed by atoms with E-state index in [9.17, 15) is 0 Å². The van der Waals surface area contributed by atoms with E-state index in [1.807, 2.05) is 11.3 Å². The molecule has 1 N–H and O–H groups in total. The first kappa shape index (κ1) is 13.7. The fraction of sp³-hybridized carbons (Fsp3) is 0.692. The quantitative estimate of drug-likeness (QED) is 0.707. The van der Waals surface area contributed by atoms with Crippen molar-refractivity contribution in [3.63, 3.8) is 0 Å². The van der Waals surface area contributed by atoms with Crippen molar-refractivity contribution >= 4 is 11.3 Å². The molecular formula is C13H23NOS. The Balaban J connectivity index is 2.05. The standard InChI is InChI=1S/C13H23NOS/c1-4-6-14-7-9-15-8-5-13-10-11(2)16-12(13)3/h10,14H,4-9H2,1-3H3. The highest BCUT2D eigenvalue weighted by Crippen LogP contribution is 2.20.